The maximum atomic E-state index is 8.80. The van der Waals surface area contributed by atoms with Crippen molar-refractivity contribution in [3.63, 3.8) is 0 Å². The Balaban J connectivity index is 2.24. The molecule has 5 nitrogen and oxygen atoms in total. The van der Waals surface area contributed by atoms with Gasteiger partial charge in [-0.3, -0.25) is 4.68 Å². The second-order valence-corrected chi connectivity index (χ2v) is 3.21. The Labute approximate surface area is 83.4 Å². The minimum atomic E-state index is -0.219. The minimum Gasteiger partial charge on any atom is -0.395 e. The van der Waals surface area contributed by atoms with Crippen LogP contribution in [0.25, 0.3) is 0 Å². The fraction of sp³-hybridized carbons (Fsp3) is 0.667. The SMILES string of the molecule is Cn1nccc1CCNC(CO)CO. The summed E-state index contributed by atoms with van der Waals surface area (Å²) in [6, 6.07) is 1.73. The maximum Gasteiger partial charge on any atom is 0.0607 e. The number of nitrogens with one attached hydrogen (secondary N) is 1. The van der Waals surface area contributed by atoms with Crippen LogP contribution in [-0.2, 0) is 13.5 Å². The summed E-state index contributed by atoms with van der Waals surface area (Å²) in [7, 11) is 1.89. The monoisotopic (exact) mass is 199 g/mol. The summed E-state index contributed by atoms with van der Waals surface area (Å²) in [6.07, 6.45) is 2.60. The lowest BCUT2D eigenvalue weighted by Crippen LogP contribution is -2.37. The highest BCUT2D eigenvalue weighted by atomic mass is 16.3. The van der Waals surface area contributed by atoms with E-state index in [9.17, 15) is 0 Å². The zero-order valence-corrected chi connectivity index (χ0v) is 8.35. The van der Waals surface area contributed by atoms with E-state index in [1.54, 1.807) is 6.20 Å². The molecule has 0 aliphatic rings. The van der Waals surface area contributed by atoms with Gasteiger partial charge in [0.05, 0.1) is 19.3 Å². The molecule has 0 aromatic carbocycles. The van der Waals surface area contributed by atoms with Crippen molar-refractivity contribution in [2.24, 2.45) is 7.05 Å². The van der Waals surface area contributed by atoms with E-state index in [-0.39, 0.29) is 19.3 Å². The van der Waals surface area contributed by atoms with Gasteiger partial charge in [-0.2, -0.15) is 5.10 Å². The number of aliphatic hydroxyl groups is 2. The van der Waals surface area contributed by atoms with E-state index in [0.717, 1.165) is 18.7 Å². The molecule has 0 aliphatic heterocycles. The standard InChI is InChI=1S/C9H17N3O2/c1-12-9(3-5-11-12)2-4-10-8(6-13)7-14/h3,5,8,10,13-14H,2,4,6-7H2,1H3. The first-order valence-electron chi connectivity index (χ1n) is 4.70. The van der Waals surface area contributed by atoms with Gasteiger partial charge in [0.25, 0.3) is 0 Å². The molecule has 0 spiro atoms. The molecule has 0 saturated carbocycles. The third-order valence-electron chi connectivity index (χ3n) is 2.18. The van der Waals surface area contributed by atoms with E-state index in [1.165, 1.54) is 0 Å². The second-order valence-electron chi connectivity index (χ2n) is 3.21. The van der Waals surface area contributed by atoms with Crippen LogP contribution in [-0.4, -0.2) is 45.8 Å². The summed E-state index contributed by atoms with van der Waals surface area (Å²) >= 11 is 0. The van der Waals surface area contributed by atoms with Crippen LogP contribution in [0.3, 0.4) is 0 Å². The van der Waals surface area contributed by atoms with Crippen LogP contribution in [0.2, 0.25) is 0 Å². The van der Waals surface area contributed by atoms with Crippen molar-refractivity contribution in [2.45, 2.75) is 12.5 Å². The molecule has 5 heteroatoms. The highest BCUT2D eigenvalue weighted by molar-refractivity contribution is 5.00. The molecule has 0 saturated heterocycles. The Morgan fingerprint density at radius 3 is 2.71 bits per heavy atom. The number of aromatic nitrogens is 2. The van der Waals surface area contributed by atoms with Crippen LogP contribution >= 0.6 is 0 Å². The molecule has 1 heterocycles. The Bertz CT molecular complexity index is 258. The van der Waals surface area contributed by atoms with Gasteiger partial charge < -0.3 is 15.5 Å². The number of aryl methyl sites for hydroxylation is 1. The summed E-state index contributed by atoms with van der Waals surface area (Å²) in [5, 5.41) is 24.7. The van der Waals surface area contributed by atoms with Gasteiger partial charge in [0.2, 0.25) is 0 Å². The van der Waals surface area contributed by atoms with Crippen LogP contribution in [0.5, 0.6) is 0 Å². The van der Waals surface area contributed by atoms with E-state index in [2.05, 4.69) is 10.4 Å². The average molecular weight is 199 g/mol. The van der Waals surface area contributed by atoms with Crippen LogP contribution in [0, 0.1) is 0 Å². The van der Waals surface area contributed by atoms with E-state index in [1.807, 2.05) is 17.8 Å². The molecule has 0 amide bonds. The highest BCUT2D eigenvalue weighted by Crippen LogP contribution is 1.96. The lowest BCUT2D eigenvalue weighted by atomic mass is 10.2. The first-order chi connectivity index (χ1) is 6.77. The van der Waals surface area contributed by atoms with Crippen molar-refractivity contribution in [2.75, 3.05) is 19.8 Å². The van der Waals surface area contributed by atoms with Crippen molar-refractivity contribution in [3.8, 4) is 0 Å². The average Bonchev–Trinajstić information content (AvgIpc) is 2.59. The lowest BCUT2D eigenvalue weighted by Gasteiger charge is -2.12. The van der Waals surface area contributed by atoms with Crippen LogP contribution < -0.4 is 5.32 Å². The molecule has 1 aromatic rings. The molecule has 0 atom stereocenters. The highest BCUT2D eigenvalue weighted by Gasteiger charge is 2.04. The van der Waals surface area contributed by atoms with Gasteiger partial charge in [0.1, 0.15) is 0 Å². The van der Waals surface area contributed by atoms with Crippen LogP contribution in [0.4, 0.5) is 0 Å². The number of nitrogens with zero attached hydrogens (tertiary/aromatic N) is 2. The van der Waals surface area contributed by atoms with E-state index in [4.69, 9.17) is 10.2 Å². The van der Waals surface area contributed by atoms with Crippen molar-refractivity contribution in [1.29, 1.82) is 0 Å². The smallest absolute Gasteiger partial charge is 0.0607 e. The van der Waals surface area contributed by atoms with Crippen LogP contribution in [0.1, 0.15) is 5.69 Å². The number of hydrogen-bond donors (Lipinski definition) is 3. The molecular formula is C9H17N3O2. The number of aliphatic hydroxyl groups excluding tert-OH is 2. The predicted octanol–water partition coefficient (Wildman–Crippen LogP) is -1.09. The fourth-order valence-corrected chi connectivity index (χ4v) is 1.24. The molecule has 0 aliphatic carbocycles. The van der Waals surface area contributed by atoms with Gasteiger partial charge in [-0.1, -0.05) is 0 Å². The summed E-state index contributed by atoms with van der Waals surface area (Å²) in [5.74, 6) is 0. The van der Waals surface area contributed by atoms with Crippen molar-refractivity contribution < 1.29 is 10.2 Å². The van der Waals surface area contributed by atoms with Crippen molar-refractivity contribution in [3.05, 3.63) is 18.0 Å². The molecule has 0 bridgehead atoms. The van der Waals surface area contributed by atoms with Gasteiger partial charge in [-0.15, -0.1) is 0 Å². The van der Waals surface area contributed by atoms with E-state index in [0.29, 0.717) is 0 Å². The molecule has 3 N–H and O–H groups in total. The van der Waals surface area contributed by atoms with Gasteiger partial charge >= 0.3 is 0 Å². The first kappa shape index (κ1) is 11.2. The molecule has 80 valence electrons. The maximum absolute atomic E-state index is 8.80. The Kier molecular flexibility index (Phi) is 4.58. The quantitative estimate of drug-likeness (QED) is 0.544. The van der Waals surface area contributed by atoms with E-state index >= 15 is 0 Å². The summed E-state index contributed by atoms with van der Waals surface area (Å²) in [5.41, 5.74) is 1.13. The molecule has 14 heavy (non-hydrogen) atoms. The Morgan fingerprint density at radius 2 is 2.21 bits per heavy atom. The summed E-state index contributed by atoms with van der Waals surface area (Å²) in [6.45, 7) is 0.648. The number of rotatable bonds is 6. The van der Waals surface area contributed by atoms with E-state index < -0.39 is 0 Å². The molecule has 1 rings (SSSR count). The Morgan fingerprint density at radius 1 is 1.50 bits per heavy atom. The first-order valence-corrected chi connectivity index (χ1v) is 4.70. The molecule has 0 unspecified atom stereocenters. The fourth-order valence-electron chi connectivity index (χ4n) is 1.24. The summed E-state index contributed by atoms with van der Waals surface area (Å²) in [4.78, 5) is 0. The topological polar surface area (TPSA) is 70.3 Å². The van der Waals surface area contributed by atoms with Gasteiger partial charge in [0, 0.05) is 31.9 Å². The molecular weight excluding hydrogens is 182 g/mol. The lowest BCUT2D eigenvalue weighted by molar-refractivity contribution is 0.171. The van der Waals surface area contributed by atoms with Gasteiger partial charge in [-0.25, -0.2) is 0 Å². The molecule has 1 aromatic heterocycles. The normalized spacial score (nSPS) is 11.1. The van der Waals surface area contributed by atoms with Crippen molar-refractivity contribution >= 4 is 0 Å². The Hall–Kier alpha value is -0.910. The van der Waals surface area contributed by atoms with Gasteiger partial charge in [0.15, 0.2) is 0 Å². The molecule has 0 radical (unpaired) electrons. The minimum absolute atomic E-state index is 0.0398. The zero-order chi connectivity index (χ0) is 10.4. The third-order valence-corrected chi connectivity index (χ3v) is 2.18. The largest absolute Gasteiger partial charge is 0.395 e. The summed E-state index contributed by atoms with van der Waals surface area (Å²) < 4.78 is 1.81. The number of hydrogen-bond acceptors (Lipinski definition) is 4. The third kappa shape index (κ3) is 3.10. The van der Waals surface area contributed by atoms with Crippen molar-refractivity contribution in [1.82, 2.24) is 15.1 Å². The molecule has 0 fully saturated rings. The van der Waals surface area contributed by atoms with Gasteiger partial charge in [-0.05, 0) is 6.07 Å². The second kappa shape index (κ2) is 5.74. The predicted molar refractivity (Wildman–Crippen MR) is 52.9 cm³/mol. The van der Waals surface area contributed by atoms with Crippen LogP contribution in [0.15, 0.2) is 12.3 Å². The zero-order valence-electron chi connectivity index (χ0n) is 8.35.